The fourth-order valence-corrected chi connectivity index (χ4v) is 5.95. The normalized spacial score (nSPS) is 13.8. The number of pyridine rings is 1. The van der Waals surface area contributed by atoms with Gasteiger partial charge in [0.25, 0.3) is 5.91 Å². The van der Waals surface area contributed by atoms with Crippen LogP contribution in [0.1, 0.15) is 28.8 Å². The standard InChI is InChI=1S/C33H34F2N6O6S/c1-46-30-18-24(39-48(2,44)45)8-10-29(30)47-31-11-6-21(19-37-31)20-40-14-12-25(13-15-40)41(26-5-3-4-22(34)16-26)33(43)38-23-7-9-28(35)27(17-23)32(36)42/h3-11,16-19,25,39H,12-15,20H2,1-2H3,(H2,36,42)(H,38,43). The van der Waals surface area contributed by atoms with Gasteiger partial charge in [-0.2, -0.15) is 0 Å². The number of carbonyl (C=O) groups excluding carboxylic acids is 2. The van der Waals surface area contributed by atoms with Crippen molar-refractivity contribution < 1.29 is 36.3 Å². The summed E-state index contributed by atoms with van der Waals surface area (Å²) in [6, 6.07) is 16.7. The van der Waals surface area contributed by atoms with E-state index in [1.807, 2.05) is 6.07 Å². The van der Waals surface area contributed by atoms with Crippen molar-refractivity contribution >= 4 is 39.0 Å². The number of piperidine rings is 1. The van der Waals surface area contributed by atoms with E-state index in [4.69, 9.17) is 15.2 Å². The van der Waals surface area contributed by atoms with Crippen molar-refractivity contribution in [2.45, 2.75) is 25.4 Å². The fraction of sp³-hybridized carbons (Fsp3) is 0.242. The van der Waals surface area contributed by atoms with Crippen molar-refractivity contribution in [1.29, 1.82) is 0 Å². The van der Waals surface area contributed by atoms with Crippen LogP contribution in [0.25, 0.3) is 0 Å². The molecule has 1 fully saturated rings. The zero-order valence-corrected chi connectivity index (χ0v) is 27.0. The molecule has 4 N–H and O–H groups in total. The Kier molecular flexibility index (Phi) is 10.4. The molecule has 15 heteroatoms. The van der Waals surface area contributed by atoms with Gasteiger partial charge in [0.15, 0.2) is 11.5 Å². The molecule has 1 saturated heterocycles. The van der Waals surface area contributed by atoms with E-state index in [0.717, 1.165) is 24.0 Å². The number of nitrogens with two attached hydrogens (primary N) is 1. The van der Waals surface area contributed by atoms with E-state index >= 15 is 0 Å². The molecule has 2 heterocycles. The van der Waals surface area contributed by atoms with Crippen LogP contribution >= 0.6 is 0 Å². The minimum absolute atomic E-state index is 0.174. The number of amides is 3. The zero-order chi connectivity index (χ0) is 34.4. The number of ether oxygens (including phenoxy) is 2. The number of primary amides is 1. The Labute approximate surface area is 276 Å². The van der Waals surface area contributed by atoms with E-state index in [1.165, 1.54) is 42.3 Å². The lowest BCUT2D eigenvalue weighted by Gasteiger charge is -2.38. The minimum Gasteiger partial charge on any atom is -0.493 e. The van der Waals surface area contributed by atoms with Gasteiger partial charge >= 0.3 is 6.03 Å². The number of nitrogens with one attached hydrogen (secondary N) is 2. The van der Waals surface area contributed by atoms with Gasteiger partial charge in [-0.3, -0.25) is 19.3 Å². The highest BCUT2D eigenvalue weighted by atomic mass is 32.2. The Morgan fingerprint density at radius 3 is 2.40 bits per heavy atom. The van der Waals surface area contributed by atoms with Gasteiger partial charge in [-0.25, -0.2) is 27.0 Å². The van der Waals surface area contributed by atoms with E-state index < -0.39 is 33.6 Å². The van der Waals surface area contributed by atoms with E-state index in [2.05, 4.69) is 19.9 Å². The van der Waals surface area contributed by atoms with Crippen molar-refractivity contribution in [2.24, 2.45) is 5.73 Å². The van der Waals surface area contributed by atoms with Crippen LogP contribution < -0.4 is 30.1 Å². The lowest BCUT2D eigenvalue weighted by molar-refractivity contribution is 0.0996. The molecule has 0 aliphatic carbocycles. The van der Waals surface area contributed by atoms with Crippen LogP contribution in [0.4, 0.5) is 30.6 Å². The first-order chi connectivity index (χ1) is 22.9. The van der Waals surface area contributed by atoms with Crippen molar-refractivity contribution in [3.63, 3.8) is 0 Å². The maximum atomic E-state index is 14.2. The lowest BCUT2D eigenvalue weighted by Crippen LogP contribution is -2.49. The summed E-state index contributed by atoms with van der Waals surface area (Å²) in [6.07, 6.45) is 3.92. The highest BCUT2D eigenvalue weighted by Gasteiger charge is 2.30. The van der Waals surface area contributed by atoms with Crippen LogP contribution in [0.15, 0.2) is 79.0 Å². The molecule has 12 nitrogen and oxygen atoms in total. The second-order valence-corrected chi connectivity index (χ2v) is 12.9. The van der Waals surface area contributed by atoms with E-state index in [9.17, 15) is 26.8 Å². The number of hydrogen-bond acceptors (Lipinski definition) is 8. The molecule has 1 aliphatic heterocycles. The largest absolute Gasteiger partial charge is 0.493 e. The molecule has 5 rings (SSSR count). The van der Waals surface area contributed by atoms with Crippen LogP contribution in [0, 0.1) is 11.6 Å². The molecule has 1 aromatic heterocycles. The van der Waals surface area contributed by atoms with Crippen LogP contribution in [0.3, 0.4) is 0 Å². The quantitative estimate of drug-likeness (QED) is 0.192. The second-order valence-electron chi connectivity index (χ2n) is 11.2. The number of anilines is 3. The summed E-state index contributed by atoms with van der Waals surface area (Å²) in [6.45, 7) is 1.86. The van der Waals surface area contributed by atoms with Crippen LogP contribution in [-0.2, 0) is 16.6 Å². The topological polar surface area (TPSA) is 156 Å². The zero-order valence-electron chi connectivity index (χ0n) is 26.2. The number of methoxy groups -OCH3 is 1. The Morgan fingerprint density at radius 2 is 1.75 bits per heavy atom. The van der Waals surface area contributed by atoms with E-state index in [-0.39, 0.29) is 17.3 Å². The Hall–Kier alpha value is -5.28. The van der Waals surface area contributed by atoms with Gasteiger partial charge in [0, 0.05) is 55.4 Å². The Morgan fingerprint density at radius 1 is 1.00 bits per heavy atom. The molecule has 0 atom stereocenters. The molecule has 0 spiro atoms. The average Bonchev–Trinajstić information content (AvgIpc) is 3.04. The number of aromatic nitrogens is 1. The maximum absolute atomic E-state index is 14.2. The minimum atomic E-state index is -3.45. The summed E-state index contributed by atoms with van der Waals surface area (Å²) in [5.41, 5.74) is 6.70. The third kappa shape index (κ3) is 8.74. The summed E-state index contributed by atoms with van der Waals surface area (Å²) in [4.78, 5) is 33.3. The second kappa shape index (κ2) is 14.6. The molecule has 4 aromatic rings. The third-order valence-electron chi connectivity index (χ3n) is 7.60. The van der Waals surface area contributed by atoms with Gasteiger partial charge < -0.3 is 20.5 Å². The number of nitrogens with zero attached hydrogens (tertiary/aromatic N) is 3. The predicted octanol–water partition coefficient (Wildman–Crippen LogP) is 5.33. The first kappa shape index (κ1) is 34.1. The number of sulfonamides is 1. The molecule has 0 saturated carbocycles. The van der Waals surface area contributed by atoms with Crippen LogP contribution in [-0.4, -0.2) is 62.7 Å². The van der Waals surface area contributed by atoms with Crippen molar-refractivity contribution in [3.05, 3.63) is 102 Å². The Balaban J connectivity index is 1.22. The highest BCUT2D eigenvalue weighted by Crippen LogP contribution is 2.34. The molecule has 0 radical (unpaired) electrons. The summed E-state index contributed by atoms with van der Waals surface area (Å²) < 4.78 is 64.9. The monoisotopic (exact) mass is 680 g/mol. The highest BCUT2D eigenvalue weighted by molar-refractivity contribution is 7.92. The smallest absolute Gasteiger partial charge is 0.326 e. The summed E-state index contributed by atoms with van der Waals surface area (Å²) >= 11 is 0. The number of carbonyl (C=O) groups is 2. The molecule has 48 heavy (non-hydrogen) atoms. The SMILES string of the molecule is COc1cc(NS(C)(=O)=O)ccc1Oc1ccc(CN2CCC(N(C(=O)Nc3ccc(F)c(C(N)=O)c3)c3cccc(F)c3)CC2)cn1. The first-order valence-electron chi connectivity index (χ1n) is 14.8. The van der Waals surface area contributed by atoms with Crippen molar-refractivity contribution in [3.8, 4) is 17.4 Å². The van der Waals surface area contributed by atoms with Gasteiger partial charge in [0.05, 0.1) is 24.6 Å². The van der Waals surface area contributed by atoms with E-state index in [1.54, 1.807) is 30.5 Å². The predicted molar refractivity (Wildman–Crippen MR) is 177 cm³/mol. The fourth-order valence-electron chi connectivity index (χ4n) is 5.40. The van der Waals surface area contributed by atoms with Gasteiger partial charge in [0.2, 0.25) is 15.9 Å². The summed E-state index contributed by atoms with van der Waals surface area (Å²) in [7, 11) is -2.01. The summed E-state index contributed by atoms with van der Waals surface area (Å²) in [5, 5.41) is 2.69. The molecule has 1 aliphatic rings. The van der Waals surface area contributed by atoms with Crippen LogP contribution in [0.5, 0.6) is 17.4 Å². The molecule has 0 unspecified atom stereocenters. The number of halogens is 2. The van der Waals surface area contributed by atoms with Crippen molar-refractivity contribution in [2.75, 3.05) is 41.4 Å². The molecule has 3 aromatic carbocycles. The van der Waals surface area contributed by atoms with Gasteiger partial charge in [-0.15, -0.1) is 0 Å². The van der Waals surface area contributed by atoms with Gasteiger partial charge in [0.1, 0.15) is 11.6 Å². The number of urea groups is 1. The summed E-state index contributed by atoms with van der Waals surface area (Å²) in [5.74, 6) is -1.26. The van der Waals surface area contributed by atoms with Crippen LogP contribution in [0.2, 0.25) is 0 Å². The molecule has 0 bridgehead atoms. The van der Waals surface area contributed by atoms with Gasteiger partial charge in [-0.05, 0) is 66.9 Å². The number of benzene rings is 3. The number of rotatable bonds is 11. The van der Waals surface area contributed by atoms with Gasteiger partial charge in [-0.1, -0.05) is 12.1 Å². The Bertz CT molecular complexity index is 1900. The number of likely N-dealkylation sites (tertiary alicyclic amines) is 1. The third-order valence-corrected chi connectivity index (χ3v) is 8.20. The van der Waals surface area contributed by atoms with Crippen molar-refractivity contribution in [1.82, 2.24) is 9.88 Å². The number of hydrogen-bond donors (Lipinski definition) is 3. The molecular formula is C33H34F2N6O6S. The maximum Gasteiger partial charge on any atom is 0.326 e. The lowest BCUT2D eigenvalue weighted by atomic mass is 10.0. The molecule has 3 amide bonds. The average molecular weight is 681 g/mol. The molecular weight excluding hydrogens is 646 g/mol. The first-order valence-corrected chi connectivity index (χ1v) is 16.7. The van der Waals surface area contributed by atoms with E-state index in [0.29, 0.717) is 61.2 Å². The molecule has 252 valence electrons.